The Morgan fingerprint density at radius 1 is 1.15 bits per heavy atom. The third-order valence-corrected chi connectivity index (χ3v) is 3.90. The van der Waals surface area contributed by atoms with Crippen molar-refractivity contribution in [3.8, 4) is 5.75 Å². The molecule has 8 heteroatoms. The number of nitrogens with zero attached hydrogens (tertiary/aromatic N) is 2. The van der Waals surface area contributed by atoms with Crippen molar-refractivity contribution < 1.29 is 23.9 Å². The second-order valence-corrected chi connectivity index (χ2v) is 5.70. The van der Waals surface area contributed by atoms with Crippen molar-refractivity contribution in [2.24, 2.45) is 7.05 Å². The lowest BCUT2D eigenvalue weighted by molar-refractivity contribution is -0.144. The summed E-state index contributed by atoms with van der Waals surface area (Å²) in [7, 11) is 3.25. The number of methoxy groups -OCH3 is 1. The molecule has 8 nitrogen and oxygen atoms in total. The number of carbonyl (C=O) groups excluding carboxylic acids is 3. The molecule has 0 aliphatic carbocycles. The maximum atomic E-state index is 12.2. The van der Waals surface area contributed by atoms with E-state index in [-0.39, 0.29) is 12.1 Å². The number of Topliss-reactive ketones (excluding diaryl/α,β-unsaturated/α-hetero) is 1. The van der Waals surface area contributed by atoms with Gasteiger partial charge >= 0.3 is 5.97 Å². The topological polar surface area (TPSA) is 99.5 Å². The standard InChI is InChI=1S/C18H21N3O5/c1-11-16(12(2)21(3)20-11)17(23)18(24)26-10-15(22)19-9-13-5-7-14(25-4)8-6-13/h5-8H,9-10H2,1-4H3,(H,19,22). The van der Waals surface area contributed by atoms with Gasteiger partial charge in [-0.1, -0.05) is 12.1 Å². The molecule has 1 aromatic heterocycles. The summed E-state index contributed by atoms with van der Waals surface area (Å²) in [5.41, 5.74) is 2.07. The van der Waals surface area contributed by atoms with E-state index in [9.17, 15) is 14.4 Å². The zero-order chi connectivity index (χ0) is 19.3. The lowest BCUT2D eigenvalue weighted by Gasteiger charge is -2.07. The van der Waals surface area contributed by atoms with E-state index in [2.05, 4.69) is 10.4 Å². The van der Waals surface area contributed by atoms with Crippen LogP contribution in [0.4, 0.5) is 0 Å². The molecule has 0 radical (unpaired) electrons. The fourth-order valence-corrected chi connectivity index (χ4v) is 2.40. The molecule has 0 saturated heterocycles. The van der Waals surface area contributed by atoms with Gasteiger partial charge in [-0.2, -0.15) is 5.10 Å². The van der Waals surface area contributed by atoms with Crippen molar-refractivity contribution in [3.63, 3.8) is 0 Å². The number of benzene rings is 1. The van der Waals surface area contributed by atoms with Gasteiger partial charge in [0.1, 0.15) is 5.75 Å². The van der Waals surface area contributed by atoms with Crippen LogP contribution >= 0.6 is 0 Å². The van der Waals surface area contributed by atoms with Gasteiger partial charge in [-0.25, -0.2) is 4.79 Å². The number of aryl methyl sites for hydroxylation is 2. The van der Waals surface area contributed by atoms with Gasteiger partial charge in [0.15, 0.2) is 6.61 Å². The molecule has 0 saturated carbocycles. The van der Waals surface area contributed by atoms with Crippen molar-refractivity contribution in [1.82, 2.24) is 15.1 Å². The van der Waals surface area contributed by atoms with Crippen LogP contribution in [-0.4, -0.2) is 41.2 Å². The van der Waals surface area contributed by atoms with Crippen molar-refractivity contribution in [2.75, 3.05) is 13.7 Å². The molecule has 0 bridgehead atoms. The maximum Gasteiger partial charge on any atom is 0.380 e. The Morgan fingerprint density at radius 3 is 2.35 bits per heavy atom. The van der Waals surface area contributed by atoms with E-state index >= 15 is 0 Å². The van der Waals surface area contributed by atoms with Gasteiger partial charge < -0.3 is 14.8 Å². The van der Waals surface area contributed by atoms with Crippen LogP contribution in [0.5, 0.6) is 5.75 Å². The number of hydrogen-bond donors (Lipinski definition) is 1. The molecule has 0 aliphatic heterocycles. The van der Waals surface area contributed by atoms with Crippen LogP contribution in [0.15, 0.2) is 24.3 Å². The second-order valence-electron chi connectivity index (χ2n) is 5.70. The van der Waals surface area contributed by atoms with Gasteiger partial charge in [-0.3, -0.25) is 14.3 Å². The minimum atomic E-state index is -1.08. The molecule has 0 spiro atoms. The minimum absolute atomic E-state index is 0.205. The molecular formula is C18H21N3O5. The van der Waals surface area contributed by atoms with Gasteiger partial charge in [-0.05, 0) is 31.5 Å². The molecular weight excluding hydrogens is 338 g/mol. The van der Waals surface area contributed by atoms with E-state index in [0.29, 0.717) is 17.1 Å². The normalized spacial score (nSPS) is 10.3. The molecule has 26 heavy (non-hydrogen) atoms. The first-order chi connectivity index (χ1) is 12.3. The Morgan fingerprint density at radius 2 is 1.81 bits per heavy atom. The summed E-state index contributed by atoms with van der Waals surface area (Å²) in [6, 6.07) is 7.17. The SMILES string of the molecule is COc1ccc(CNC(=O)COC(=O)C(=O)c2c(C)nn(C)c2C)cc1. The zero-order valence-corrected chi connectivity index (χ0v) is 15.2. The summed E-state index contributed by atoms with van der Waals surface area (Å²) in [6.07, 6.45) is 0. The van der Waals surface area contributed by atoms with Crippen molar-refractivity contribution >= 4 is 17.7 Å². The number of aromatic nitrogens is 2. The second kappa shape index (κ2) is 8.28. The molecule has 0 unspecified atom stereocenters. The number of carbonyl (C=O) groups is 3. The lowest BCUT2D eigenvalue weighted by Crippen LogP contribution is -2.30. The van der Waals surface area contributed by atoms with E-state index in [4.69, 9.17) is 9.47 Å². The average Bonchev–Trinajstić information content (AvgIpc) is 2.89. The van der Waals surface area contributed by atoms with Crippen LogP contribution < -0.4 is 10.1 Å². The summed E-state index contributed by atoms with van der Waals surface area (Å²) in [6.45, 7) is 3.06. The van der Waals surface area contributed by atoms with Gasteiger partial charge in [0.05, 0.1) is 18.4 Å². The Balaban J connectivity index is 1.84. The Hall–Kier alpha value is -3.16. The predicted octanol–water partition coefficient (Wildman–Crippen LogP) is 1.09. The van der Waals surface area contributed by atoms with Crippen LogP contribution in [0.2, 0.25) is 0 Å². The fourth-order valence-electron chi connectivity index (χ4n) is 2.40. The fraction of sp³-hybridized carbons (Fsp3) is 0.333. The highest BCUT2D eigenvalue weighted by Gasteiger charge is 2.25. The van der Waals surface area contributed by atoms with E-state index < -0.39 is 24.3 Å². The van der Waals surface area contributed by atoms with E-state index in [1.54, 1.807) is 40.1 Å². The quantitative estimate of drug-likeness (QED) is 0.451. The van der Waals surface area contributed by atoms with Crippen molar-refractivity contribution in [3.05, 3.63) is 46.8 Å². The molecule has 2 rings (SSSR count). The monoisotopic (exact) mass is 359 g/mol. The number of hydrogen-bond acceptors (Lipinski definition) is 6. The van der Waals surface area contributed by atoms with E-state index in [1.807, 2.05) is 12.1 Å². The number of rotatable bonds is 7. The van der Waals surface area contributed by atoms with E-state index in [1.165, 1.54) is 4.68 Å². The summed E-state index contributed by atoms with van der Waals surface area (Å²) >= 11 is 0. The maximum absolute atomic E-state index is 12.2. The van der Waals surface area contributed by atoms with E-state index in [0.717, 1.165) is 5.56 Å². The Kier molecular flexibility index (Phi) is 6.11. The summed E-state index contributed by atoms with van der Waals surface area (Å²) in [5.74, 6) is -1.67. The smallest absolute Gasteiger partial charge is 0.380 e. The highest BCUT2D eigenvalue weighted by molar-refractivity contribution is 6.41. The number of nitrogens with one attached hydrogen (secondary N) is 1. The first-order valence-electron chi connectivity index (χ1n) is 7.94. The highest BCUT2D eigenvalue weighted by Crippen LogP contribution is 2.13. The molecule has 138 valence electrons. The molecule has 1 N–H and O–H groups in total. The van der Waals surface area contributed by atoms with Gasteiger partial charge in [0.2, 0.25) is 0 Å². The van der Waals surface area contributed by atoms with Crippen LogP contribution in [0.3, 0.4) is 0 Å². The summed E-state index contributed by atoms with van der Waals surface area (Å²) in [5, 5.41) is 6.70. The Bertz CT molecular complexity index is 824. The first kappa shape index (κ1) is 19.2. The Labute approximate surface area is 151 Å². The third kappa shape index (κ3) is 4.47. The van der Waals surface area contributed by atoms with Gasteiger partial charge in [0, 0.05) is 19.3 Å². The van der Waals surface area contributed by atoms with Crippen LogP contribution in [0.25, 0.3) is 0 Å². The van der Waals surface area contributed by atoms with Crippen molar-refractivity contribution in [2.45, 2.75) is 20.4 Å². The third-order valence-electron chi connectivity index (χ3n) is 3.90. The van der Waals surface area contributed by atoms with Gasteiger partial charge in [0.25, 0.3) is 11.7 Å². The molecule has 0 fully saturated rings. The highest BCUT2D eigenvalue weighted by atomic mass is 16.5. The van der Waals surface area contributed by atoms with Crippen molar-refractivity contribution in [1.29, 1.82) is 0 Å². The molecule has 1 aromatic carbocycles. The van der Waals surface area contributed by atoms with Gasteiger partial charge in [-0.15, -0.1) is 0 Å². The average molecular weight is 359 g/mol. The predicted molar refractivity (Wildman–Crippen MR) is 92.8 cm³/mol. The number of ether oxygens (including phenoxy) is 2. The first-order valence-corrected chi connectivity index (χ1v) is 7.94. The molecule has 0 aliphatic rings. The molecule has 1 heterocycles. The minimum Gasteiger partial charge on any atom is -0.497 e. The molecule has 0 atom stereocenters. The van der Waals surface area contributed by atoms with Crippen LogP contribution in [-0.2, 0) is 27.9 Å². The molecule has 1 amide bonds. The summed E-state index contributed by atoms with van der Waals surface area (Å²) < 4.78 is 11.4. The van der Waals surface area contributed by atoms with Crippen LogP contribution in [0, 0.1) is 13.8 Å². The zero-order valence-electron chi connectivity index (χ0n) is 15.2. The van der Waals surface area contributed by atoms with Crippen LogP contribution in [0.1, 0.15) is 27.3 Å². The number of amides is 1. The number of ketones is 1. The largest absolute Gasteiger partial charge is 0.497 e. The lowest BCUT2D eigenvalue weighted by atomic mass is 10.1. The number of esters is 1. The summed E-state index contributed by atoms with van der Waals surface area (Å²) in [4.78, 5) is 35.9. The molecule has 2 aromatic rings.